The summed E-state index contributed by atoms with van der Waals surface area (Å²) in [4.78, 5) is 37.8. The highest BCUT2D eigenvalue weighted by atomic mass is 19.4. The van der Waals surface area contributed by atoms with E-state index in [2.05, 4.69) is 10.1 Å². The Morgan fingerprint density at radius 2 is 1.81 bits per heavy atom. The van der Waals surface area contributed by atoms with Crippen LogP contribution in [0.15, 0.2) is 48.5 Å². The number of nitrogens with zero attached hydrogens (tertiary/aromatic N) is 1. The monoisotopic (exact) mass is 452 g/mol. The Kier molecular flexibility index (Phi) is 6.86. The summed E-state index contributed by atoms with van der Waals surface area (Å²) in [6.45, 7) is 1.06. The van der Waals surface area contributed by atoms with Gasteiger partial charge in [-0.25, -0.2) is 0 Å². The van der Waals surface area contributed by atoms with Gasteiger partial charge in [0.2, 0.25) is 0 Å². The first kappa shape index (κ1) is 22.9. The topological polar surface area (TPSA) is 94.2 Å². The molecule has 0 fully saturated rings. The Balaban J connectivity index is 1.46. The Morgan fingerprint density at radius 3 is 2.50 bits per heavy atom. The summed E-state index contributed by atoms with van der Waals surface area (Å²) < 4.78 is 50.6. The van der Waals surface area contributed by atoms with E-state index in [9.17, 15) is 27.6 Å². The summed E-state index contributed by atoms with van der Waals surface area (Å²) in [7, 11) is 0. The summed E-state index contributed by atoms with van der Waals surface area (Å²) in [6, 6.07) is 11.4. The van der Waals surface area contributed by atoms with Gasteiger partial charge in [-0.3, -0.25) is 14.4 Å². The van der Waals surface area contributed by atoms with Crippen molar-refractivity contribution >= 4 is 29.2 Å². The minimum atomic E-state index is -4.81. The van der Waals surface area contributed by atoms with Gasteiger partial charge in [0.1, 0.15) is 11.5 Å². The van der Waals surface area contributed by atoms with Crippen molar-refractivity contribution in [3.05, 3.63) is 48.5 Å². The Labute approximate surface area is 180 Å². The number of halogens is 3. The summed E-state index contributed by atoms with van der Waals surface area (Å²) in [5.41, 5.74) is 0.740. The molecule has 0 aromatic heterocycles. The number of esters is 1. The smallest absolute Gasteiger partial charge is 0.479 e. The van der Waals surface area contributed by atoms with Gasteiger partial charge < -0.3 is 24.4 Å². The fourth-order valence-corrected chi connectivity index (χ4v) is 2.95. The maximum Gasteiger partial charge on any atom is 0.573 e. The van der Waals surface area contributed by atoms with Crippen molar-refractivity contribution in [2.24, 2.45) is 0 Å². The number of benzene rings is 2. The number of nitrogens with one attached hydrogen (secondary N) is 1. The van der Waals surface area contributed by atoms with Crippen molar-refractivity contribution in [3.8, 4) is 11.5 Å². The van der Waals surface area contributed by atoms with E-state index in [-0.39, 0.29) is 24.6 Å². The zero-order chi connectivity index (χ0) is 23.3. The quantitative estimate of drug-likeness (QED) is 0.648. The molecule has 1 atom stereocenters. The molecule has 32 heavy (non-hydrogen) atoms. The molecule has 1 unspecified atom stereocenters. The van der Waals surface area contributed by atoms with Gasteiger partial charge in [-0.15, -0.1) is 13.2 Å². The summed E-state index contributed by atoms with van der Waals surface area (Å²) >= 11 is 0. The number of ether oxygens (including phenoxy) is 3. The van der Waals surface area contributed by atoms with Crippen LogP contribution in [0.3, 0.4) is 0 Å². The van der Waals surface area contributed by atoms with Crippen LogP contribution in [0.2, 0.25) is 0 Å². The van der Waals surface area contributed by atoms with Crippen LogP contribution in [-0.4, -0.2) is 43.4 Å². The molecule has 1 aliphatic heterocycles. The average molecular weight is 452 g/mol. The van der Waals surface area contributed by atoms with E-state index in [4.69, 9.17) is 9.47 Å². The number of carbonyl (C=O) groups excluding carboxylic acids is 3. The van der Waals surface area contributed by atoms with Crippen molar-refractivity contribution in [2.75, 3.05) is 23.4 Å². The number of hydrogen-bond acceptors (Lipinski definition) is 6. The molecule has 2 amide bonds. The summed E-state index contributed by atoms with van der Waals surface area (Å²) in [5.74, 6) is -1.58. The molecule has 1 N–H and O–H groups in total. The molecule has 2 aromatic rings. The molecule has 0 saturated heterocycles. The minimum Gasteiger partial charge on any atom is -0.479 e. The highest BCUT2D eigenvalue weighted by molar-refractivity contribution is 6.00. The lowest BCUT2D eigenvalue weighted by molar-refractivity contribution is -0.274. The zero-order valence-electron chi connectivity index (χ0n) is 16.8. The van der Waals surface area contributed by atoms with Gasteiger partial charge in [-0.2, -0.15) is 0 Å². The van der Waals surface area contributed by atoms with Crippen LogP contribution >= 0.6 is 0 Å². The molecule has 8 nitrogen and oxygen atoms in total. The third-order valence-electron chi connectivity index (χ3n) is 4.35. The van der Waals surface area contributed by atoms with Crippen LogP contribution in [0, 0.1) is 0 Å². The van der Waals surface area contributed by atoms with Crippen LogP contribution in [0.1, 0.15) is 13.3 Å². The zero-order valence-corrected chi connectivity index (χ0v) is 16.8. The van der Waals surface area contributed by atoms with Crippen molar-refractivity contribution in [1.29, 1.82) is 0 Å². The fourth-order valence-electron chi connectivity index (χ4n) is 2.95. The van der Waals surface area contributed by atoms with Crippen molar-refractivity contribution in [1.82, 2.24) is 0 Å². The van der Waals surface area contributed by atoms with E-state index in [1.807, 2.05) is 0 Å². The van der Waals surface area contributed by atoms with Gasteiger partial charge in [0.05, 0.1) is 12.1 Å². The number of fused-ring (bicyclic) bond motifs is 1. The fraction of sp³-hybridized carbons (Fsp3) is 0.286. The molecule has 2 aromatic carbocycles. The second kappa shape index (κ2) is 9.58. The second-order valence-electron chi connectivity index (χ2n) is 6.75. The Morgan fingerprint density at radius 1 is 1.12 bits per heavy atom. The molecule has 1 aliphatic rings. The maximum absolute atomic E-state index is 12.4. The first-order valence-corrected chi connectivity index (χ1v) is 9.51. The van der Waals surface area contributed by atoms with Crippen LogP contribution in [0.25, 0.3) is 0 Å². The van der Waals surface area contributed by atoms with E-state index in [1.165, 1.54) is 17.0 Å². The molecule has 3 rings (SSSR count). The number of anilines is 2. The van der Waals surface area contributed by atoms with Gasteiger partial charge in [-0.1, -0.05) is 12.1 Å². The first-order chi connectivity index (χ1) is 15.1. The lowest BCUT2D eigenvalue weighted by Gasteiger charge is -2.32. The van der Waals surface area contributed by atoms with E-state index in [0.717, 1.165) is 12.1 Å². The van der Waals surface area contributed by atoms with E-state index >= 15 is 0 Å². The van der Waals surface area contributed by atoms with E-state index in [0.29, 0.717) is 11.4 Å². The molecule has 0 saturated carbocycles. The predicted molar refractivity (Wildman–Crippen MR) is 106 cm³/mol. The van der Waals surface area contributed by atoms with Gasteiger partial charge >= 0.3 is 12.3 Å². The molecule has 0 radical (unpaired) electrons. The van der Waals surface area contributed by atoms with Crippen LogP contribution in [-0.2, 0) is 19.1 Å². The van der Waals surface area contributed by atoms with Gasteiger partial charge in [0.15, 0.2) is 12.7 Å². The highest BCUT2D eigenvalue weighted by Gasteiger charge is 2.32. The molecular weight excluding hydrogens is 433 g/mol. The standard InChI is InChI=1S/C21H19F3N2O6/c1-13-20(29)26(16-4-2-3-5-17(16)31-13)11-10-19(28)30-12-18(27)25-14-6-8-15(9-7-14)32-21(22,23)24/h2-9,13H,10-12H2,1H3,(H,25,27). The molecule has 0 spiro atoms. The largest absolute Gasteiger partial charge is 0.573 e. The van der Waals surface area contributed by atoms with Crippen molar-refractivity contribution in [2.45, 2.75) is 25.8 Å². The highest BCUT2D eigenvalue weighted by Crippen LogP contribution is 2.33. The van der Waals surface area contributed by atoms with E-state index in [1.54, 1.807) is 31.2 Å². The third kappa shape index (κ3) is 6.13. The van der Waals surface area contributed by atoms with Crippen molar-refractivity contribution in [3.63, 3.8) is 0 Å². The van der Waals surface area contributed by atoms with Gasteiger partial charge in [0, 0.05) is 12.2 Å². The Bertz CT molecular complexity index is 994. The maximum atomic E-state index is 12.4. The lowest BCUT2D eigenvalue weighted by Crippen LogP contribution is -2.45. The number of para-hydroxylation sites is 2. The first-order valence-electron chi connectivity index (χ1n) is 9.51. The minimum absolute atomic E-state index is 0.0463. The SMILES string of the molecule is CC1Oc2ccccc2N(CCC(=O)OCC(=O)Nc2ccc(OC(F)(F)F)cc2)C1=O. The number of carbonyl (C=O) groups is 3. The Hall–Kier alpha value is -3.76. The third-order valence-corrected chi connectivity index (χ3v) is 4.35. The second-order valence-corrected chi connectivity index (χ2v) is 6.75. The number of hydrogen-bond donors (Lipinski definition) is 1. The van der Waals surface area contributed by atoms with E-state index < -0.39 is 36.7 Å². The normalized spacial score (nSPS) is 15.4. The van der Waals surface area contributed by atoms with Crippen LogP contribution < -0.4 is 19.7 Å². The molecule has 0 aliphatic carbocycles. The molecule has 1 heterocycles. The predicted octanol–water partition coefficient (Wildman–Crippen LogP) is 3.27. The van der Waals surface area contributed by atoms with Crippen molar-refractivity contribution < 1.29 is 41.8 Å². The molecule has 0 bridgehead atoms. The number of amides is 2. The molecule has 11 heteroatoms. The summed E-state index contributed by atoms with van der Waals surface area (Å²) in [5, 5.41) is 2.38. The molecular formula is C21H19F3N2O6. The van der Waals surface area contributed by atoms with Gasteiger partial charge in [0.25, 0.3) is 11.8 Å². The number of alkyl halides is 3. The lowest BCUT2D eigenvalue weighted by atomic mass is 10.2. The molecule has 170 valence electrons. The summed E-state index contributed by atoms with van der Waals surface area (Å²) in [6.07, 6.45) is -5.66. The van der Waals surface area contributed by atoms with Gasteiger partial charge in [-0.05, 0) is 43.3 Å². The van der Waals surface area contributed by atoms with Crippen LogP contribution in [0.4, 0.5) is 24.5 Å². The number of rotatable bonds is 7. The average Bonchev–Trinajstić information content (AvgIpc) is 2.73. The van der Waals surface area contributed by atoms with Crippen LogP contribution in [0.5, 0.6) is 11.5 Å².